The third kappa shape index (κ3) is 2.12. The number of imidazole rings is 1. The Balaban J connectivity index is 1.62. The van der Waals surface area contributed by atoms with Crippen molar-refractivity contribution in [3.8, 4) is 5.69 Å². The SMILES string of the molecule is c1cc2cn[nH]c2cc1-n1cnc2cnc(N3CCCCC3)nc21. The summed E-state index contributed by atoms with van der Waals surface area (Å²) < 4.78 is 2.00. The first-order valence-corrected chi connectivity index (χ1v) is 8.27. The molecule has 0 amide bonds. The molecule has 5 rings (SSSR count). The summed E-state index contributed by atoms with van der Waals surface area (Å²) in [7, 11) is 0. The van der Waals surface area contributed by atoms with Gasteiger partial charge in [-0.3, -0.25) is 9.67 Å². The molecule has 0 radical (unpaired) electrons. The van der Waals surface area contributed by atoms with Crippen molar-refractivity contribution >= 4 is 28.0 Å². The molecule has 7 nitrogen and oxygen atoms in total. The molecule has 7 heteroatoms. The van der Waals surface area contributed by atoms with Crippen LogP contribution in [0.2, 0.25) is 0 Å². The van der Waals surface area contributed by atoms with Gasteiger partial charge in [-0.15, -0.1) is 0 Å². The lowest BCUT2D eigenvalue weighted by atomic mass is 10.1. The summed E-state index contributed by atoms with van der Waals surface area (Å²) >= 11 is 0. The van der Waals surface area contributed by atoms with Crippen molar-refractivity contribution in [2.45, 2.75) is 19.3 Å². The van der Waals surface area contributed by atoms with Crippen LogP contribution in [-0.4, -0.2) is 42.8 Å². The lowest BCUT2D eigenvalue weighted by Crippen LogP contribution is -2.31. The van der Waals surface area contributed by atoms with Crippen LogP contribution in [0.5, 0.6) is 0 Å². The van der Waals surface area contributed by atoms with Crippen LogP contribution in [0.25, 0.3) is 27.8 Å². The van der Waals surface area contributed by atoms with Gasteiger partial charge in [-0.05, 0) is 37.5 Å². The number of fused-ring (bicyclic) bond motifs is 2. The van der Waals surface area contributed by atoms with Gasteiger partial charge >= 0.3 is 0 Å². The molecule has 1 saturated heterocycles. The molecule has 1 aromatic carbocycles. The van der Waals surface area contributed by atoms with Crippen molar-refractivity contribution in [1.82, 2.24) is 29.7 Å². The van der Waals surface area contributed by atoms with E-state index in [1.807, 2.05) is 23.0 Å². The smallest absolute Gasteiger partial charge is 0.227 e. The third-order valence-corrected chi connectivity index (χ3v) is 4.62. The number of nitrogens with zero attached hydrogens (tertiary/aromatic N) is 6. The molecule has 0 aliphatic carbocycles. The van der Waals surface area contributed by atoms with Gasteiger partial charge in [0.05, 0.1) is 23.6 Å². The molecule has 1 aliphatic rings. The summed E-state index contributed by atoms with van der Waals surface area (Å²) in [5.41, 5.74) is 3.65. The van der Waals surface area contributed by atoms with Crippen molar-refractivity contribution in [3.05, 3.63) is 36.9 Å². The lowest BCUT2D eigenvalue weighted by Gasteiger charge is -2.26. The van der Waals surface area contributed by atoms with Gasteiger partial charge in [0.1, 0.15) is 11.8 Å². The van der Waals surface area contributed by atoms with Crippen molar-refractivity contribution < 1.29 is 0 Å². The summed E-state index contributed by atoms with van der Waals surface area (Å²) in [5, 5.41) is 8.18. The van der Waals surface area contributed by atoms with E-state index in [9.17, 15) is 0 Å². The monoisotopic (exact) mass is 319 g/mol. The molecule has 4 heterocycles. The quantitative estimate of drug-likeness (QED) is 0.615. The van der Waals surface area contributed by atoms with E-state index in [4.69, 9.17) is 4.98 Å². The summed E-state index contributed by atoms with van der Waals surface area (Å²) in [5.74, 6) is 0.798. The second-order valence-corrected chi connectivity index (χ2v) is 6.18. The van der Waals surface area contributed by atoms with Crippen LogP contribution in [0, 0.1) is 0 Å². The number of aromatic nitrogens is 6. The van der Waals surface area contributed by atoms with Gasteiger partial charge in [-0.2, -0.15) is 10.1 Å². The van der Waals surface area contributed by atoms with Crippen molar-refractivity contribution in [3.63, 3.8) is 0 Å². The van der Waals surface area contributed by atoms with Gasteiger partial charge in [0.2, 0.25) is 5.95 Å². The number of H-pyrrole nitrogens is 1. The maximum absolute atomic E-state index is 4.79. The molecule has 4 aromatic rings. The van der Waals surface area contributed by atoms with Crippen LogP contribution in [0.4, 0.5) is 5.95 Å². The topological polar surface area (TPSA) is 75.5 Å². The fourth-order valence-electron chi connectivity index (χ4n) is 3.31. The first kappa shape index (κ1) is 13.5. The minimum Gasteiger partial charge on any atom is -0.341 e. The fourth-order valence-corrected chi connectivity index (χ4v) is 3.31. The molecule has 0 saturated carbocycles. The van der Waals surface area contributed by atoms with E-state index < -0.39 is 0 Å². The van der Waals surface area contributed by atoms with Crippen molar-refractivity contribution in [2.24, 2.45) is 0 Å². The average Bonchev–Trinajstić information content (AvgIpc) is 3.27. The van der Waals surface area contributed by atoms with E-state index >= 15 is 0 Å². The number of nitrogens with one attached hydrogen (secondary N) is 1. The molecule has 0 unspecified atom stereocenters. The van der Waals surface area contributed by atoms with Crippen molar-refractivity contribution in [1.29, 1.82) is 0 Å². The Labute approximate surface area is 138 Å². The van der Waals surface area contributed by atoms with Gasteiger partial charge in [0.25, 0.3) is 0 Å². The second-order valence-electron chi connectivity index (χ2n) is 6.18. The van der Waals surface area contributed by atoms with Crippen LogP contribution >= 0.6 is 0 Å². The Morgan fingerprint density at radius 2 is 1.92 bits per heavy atom. The van der Waals surface area contributed by atoms with Gasteiger partial charge in [-0.1, -0.05) is 0 Å². The first-order chi connectivity index (χ1) is 11.9. The second kappa shape index (κ2) is 5.30. The molecule has 1 aliphatic heterocycles. The summed E-state index contributed by atoms with van der Waals surface area (Å²) in [4.78, 5) is 16.0. The predicted octanol–water partition coefficient (Wildman–Crippen LogP) is 2.68. The number of anilines is 1. The molecular formula is C17H17N7. The highest BCUT2D eigenvalue weighted by Crippen LogP contribution is 2.22. The summed E-state index contributed by atoms with van der Waals surface area (Å²) in [6, 6.07) is 6.17. The highest BCUT2D eigenvalue weighted by molar-refractivity contribution is 5.81. The molecule has 0 bridgehead atoms. The van der Waals surface area contributed by atoms with E-state index in [1.165, 1.54) is 19.3 Å². The Kier molecular flexibility index (Phi) is 2.97. The van der Waals surface area contributed by atoms with E-state index in [0.717, 1.165) is 46.8 Å². The van der Waals surface area contributed by atoms with E-state index in [0.29, 0.717) is 0 Å². The third-order valence-electron chi connectivity index (χ3n) is 4.62. The molecule has 1 fully saturated rings. The highest BCUT2D eigenvalue weighted by atomic mass is 15.3. The number of benzene rings is 1. The summed E-state index contributed by atoms with van der Waals surface area (Å²) in [6.45, 7) is 2.06. The average molecular weight is 319 g/mol. The minimum absolute atomic E-state index is 0.798. The number of hydrogen-bond acceptors (Lipinski definition) is 5. The minimum atomic E-state index is 0.798. The predicted molar refractivity (Wildman–Crippen MR) is 92.4 cm³/mol. The van der Waals surface area contributed by atoms with Crippen LogP contribution in [-0.2, 0) is 0 Å². The largest absolute Gasteiger partial charge is 0.341 e. The van der Waals surface area contributed by atoms with Gasteiger partial charge in [0, 0.05) is 18.5 Å². The maximum Gasteiger partial charge on any atom is 0.227 e. The lowest BCUT2D eigenvalue weighted by molar-refractivity contribution is 0.569. The summed E-state index contributed by atoms with van der Waals surface area (Å²) in [6.07, 6.45) is 9.14. The number of piperidine rings is 1. The van der Waals surface area contributed by atoms with Gasteiger partial charge < -0.3 is 4.90 Å². The number of aromatic amines is 1. The standard InChI is InChI=1S/C17H17N7/c1-2-6-23(7-3-1)17-18-10-15-16(21-17)24(11-19-15)13-5-4-12-9-20-22-14(12)8-13/h4-5,8-11H,1-3,6-7H2,(H,20,22). The molecule has 24 heavy (non-hydrogen) atoms. The normalized spacial score (nSPS) is 15.4. The zero-order chi connectivity index (χ0) is 15.9. The number of hydrogen-bond donors (Lipinski definition) is 1. The van der Waals surface area contributed by atoms with Crippen LogP contribution < -0.4 is 4.90 Å². The van der Waals surface area contributed by atoms with Gasteiger partial charge in [-0.25, -0.2) is 9.97 Å². The van der Waals surface area contributed by atoms with Gasteiger partial charge in [0.15, 0.2) is 5.65 Å². The zero-order valence-electron chi connectivity index (χ0n) is 13.2. The molecule has 0 spiro atoms. The Morgan fingerprint density at radius 1 is 1.00 bits per heavy atom. The Bertz CT molecular complexity index is 1010. The highest BCUT2D eigenvalue weighted by Gasteiger charge is 2.16. The van der Waals surface area contributed by atoms with E-state index in [-0.39, 0.29) is 0 Å². The maximum atomic E-state index is 4.79. The van der Waals surface area contributed by atoms with E-state index in [2.05, 4.69) is 37.2 Å². The fraction of sp³-hybridized carbons (Fsp3) is 0.294. The molecule has 120 valence electrons. The zero-order valence-corrected chi connectivity index (χ0v) is 13.2. The molecular weight excluding hydrogens is 302 g/mol. The van der Waals surface area contributed by atoms with Crippen molar-refractivity contribution in [2.75, 3.05) is 18.0 Å². The van der Waals surface area contributed by atoms with Crippen LogP contribution in [0.3, 0.4) is 0 Å². The first-order valence-electron chi connectivity index (χ1n) is 8.27. The molecule has 1 N–H and O–H groups in total. The Hall–Kier alpha value is -2.96. The van der Waals surface area contributed by atoms with Crippen LogP contribution in [0.1, 0.15) is 19.3 Å². The molecule has 3 aromatic heterocycles. The molecule has 0 atom stereocenters. The number of rotatable bonds is 2. The van der Waals surface area contributed by atoms with Crippen LogP contribution in [0.15, 0.2) is 36.9 Å². The Morgan fingerprint density at radius 3 is 2.83 bits per heavy atom. The van der Waals surface area contributed by atoms with E-state index in [1.54, 1.807) is 6.33 Å².